The molecule has 1 amide bonds. The molecule has 2 heterocycles. The highest BCUT2D eigenvalue weighted by Crippen LogP contribution is 2.31. The van der Waals surface area contributed by atoms with Crippen molar-refractivity contribution in [1.82, 2.24) is 20.1 Å². The summed E-state index contributed by atoms with van der Waals surface area (Å²) in [5.41, 5.74) is 4.46. The molecule has 1 N–H and O–H groups in total. The molecule has 0 aliphatic heterocycles. The molecular formula is C24H21N5O2. The number of hydrogen-bond donors (Lipinski definition) is 1. The van der Waals surface area contributed by atoms with Crippen LogP contribution in [0.4, 0.5) is 0 Å². The molecule has 2 aromatic heterocycles. The topological polar surface area (TPSA) is 94.9 Å². The number of nitrogens with one attached hydrogen (secondary N) is 1. The Morgan fingerprint density at radius 3 is 2.87 bits per heavy atom. The highest BCUT2D eigenvalue weighted by molar-refractivity contribution is 5.95. The minimum absolute atomic E-state index is 0.118. The third-order valence-corrected chi connectivity index (χ3v) is 5.02. The smallest absolute Gasteiger partial charge is 0.254 e. The maximum Gasteiger partial charge on any atom is 0.254 e. The second-order valence-corrected chi connectivity index (χ2v) is 7.13. The molecule has 4 aromatic rings. The Kier molecular flexibility index (Phi) is 5.63. The van der Waals surface area contributed by atoms with Gasteiger partial charge in [0.1, 0.15) is 11.8 Å². The van der Waals surface area contributed by atoms with Gasteiger partial charge >= 0.3 is 0 Å². The lowest BCUT2D eigenvalue weighted by molar-refractivity contribution is 0.0785. The van der Waals surface area contributed by atoms with E-state index in [4.69, 9.17) is 10.00 Å². The van der Waals surface area contributed by atoms with Gasteiger partial charge in [0.25, 0.3) is 5.91 Å². The number of rotatable bonds is 6. The van der Waals surface area contributed by atoms with Crippen molar-refractivity contribution in [3.8, 4) is 22.9 Å². The van der Waals surface area contributed by atoms with Crippen LogP contribution in [0, 0.1) is 11.3 Å². The zero-order valence-corrected chi connectivity index (χ0v) is 17.3. The minimum Gasteiger partial charge on any atom is -0.493 e. The average Bonchev–Trinajstić information content (AvgIpc) is 3.29. The molecule has 7 heteroatoms. The largest absolute Gasteiger partial charge is 0.493 e. The van der Waals surface area contributed by atoms with Crippen molar-refractivity contribution in [2.75, 3.05) is 13.7 Å². The summed E-state index contributed by atoms with van der Waals surface area (Å²) in [5, 5.41) is 17.2. The summed E-state index contributed by atoms with van der Waals surface area (Å²) in [5.74, 6) is 0.460. The van der Waals surface area contributed by atoms with Gasteiger partial charge in [0.2, 0.25) is 0 Å². The van der Waals surface area contributed by atoms with Crippen molar-refractivity contribution in [2.45, 2.75) is 13.5 Å². The van der Waals surface area contributed by atoms with Crippen molar-refractivity contribution in [3.05, 3.63) is 77.7 Å². The van der Waals surface area contributed by atoms with E-state index in [9.17, 15) is 4.79 Å². The number of nitrogens with zero attached hydrogens (tertiary/aromatic N) is 4. The van der Waals surface area contributed by atoms with Crippen molar-refractivity contribution in [3.63, 3.8) is 0 Å². The Morgan fingerprint density at radius 2 is 2.06 bits per heavy atom. The number of ether oxygens (including phenoxy) is 1. The number of aromatic amines is 1. The van der Waals surface area contributed by atoms with Crippen LogP contribution in [0.25, 0.3) is 22.0 Å². The summed E-state index contributed by atoms with van der Waals surface area (Å²) < 4.78 is 5.81. The van der Waals surface area contributed by atoms with Crippen LogP contribution in [0.15, 0.2) is 61.1 Å². The number of para-hydroxylation sites is 1. The standard InChI is InChI=1S/C24H21N5O2/c1-3-31-22-10-17(7-8-21(22)20-9-16(11-25)12-26-13-20)24(30)29(2)15-19-6-4-5-18-14-27-28-23(18)19/h4-10,12-14H,3,15H2,1-2H3,(H,27,28). The average molecular weight is 411 g/mol. The van der Waals surface area contributed by atoms with Crippen LogP contribution in [0.1, 0.15) is 28.4 Å². The molecule has 0 saturated heterocycles. The number of benzene rings is 2. The zero-order chi connectivity index (χ0) is 21.8. The van der Waals surface area contributed by atoms with E-state index >= 15 is 0 Å². The van der Waals surface area contributed by atoms with Crippen LogP contribution in [0.5, 0.6) is 5.75 Å². The van der Waals surface area contributed by atoms with Gasteiger partial charge in [-0.15, -0.1) is 0 Å². The van der Waals surface area contributed by atoms with Crippen molar-refractivity contribution < 1.29 is 9.53 Å². The number of aromatic nitrogens is 3. The lowest BCUT2D eigenvalue weighted by Gasteiger charge is -2.19. The van der Waals surface area contributed by atoms with Crippen LogP contribution in [0.2, 0.25) is 0 Å². The van der Waals surface area contributed by atoms with Gasteiger partial charge in [0.15, 0.2) is 0 Å². The first-order valence-corrected chi connectivity index (χ1v) is 9.89. The zero-order valence-electron chi connectivity index (χ0n) is 17.3. The van der Waals surface area contributed by atoms with Crippen LogP contribution < -0.4 is 4.74 Å². The molecule has 0 aliphatic carbocycles. The van der Waals surface area contributed by atoms with Gasteiger partial charge in [-0.25, -0.2) is 0 Å². The molecule has 0 aliphatic rings. The Balaban J connectivity index is 1.62. The first kappa shape index (κ1) is 20.1. The number of pyridine rings is 1. The molecule has 2 aromatic carbocycles. The molecule has 0 fully saturated rings. The van der Waals surface area contributed by atoms with Crippen molar-refractivity contribution >= 4 is 16.8 Å². The van der Waals surface area contributed by atoms with Crippen molar-refractivity contribution in [1.29, 1.82) is 5.26 Å². The Morgan fingerprint density at radius 1 is 1.19 bits per heavy atom. The molecule has 0 bridgehead atoms. The summed E-state index contributed by atoms with van der Waals surface area (Å²) in [6.07, 6.45) is 4.96. The lowest BCUT2D eigenvalue weighted by Crippen LogP contribution is -2.26. The minimum atomic E-state index is -0.118. The van der Waals surface area contributed by atoms with E-state index in [0.717, 1.165) is 27.6 Å². The Hall–Kier alpha value is -4.18. The predicted molar refractivity (Wildman–Crippen MR) is 117 cm³/mol. The van der Waals surface area contributed by atoms with Gasteiger partial charge in [0.05, 0.1) is 23.9 Å². The van der Waals surface area contributed by atoms with E-state index in [1.54, 1.807) is 42.5 Å². The molecule has 0 atom stereocenters. The molecule has 0 radical (unpaired) electrons. The van der Waals surface area contributed by atoms with E-state index in [1.807, 2.05) is 31.2 Å². The second-order valence-electron chi connectivity index (χ2n) is 7.13. The fraction of sp³-hybridized carbons (Fsp3) is 0.167. The second kappa shape index (κ2) is 8.67. The summed E-state index contributed by atoms with van der Waals surface area (Å²) in [7, 11) is 1.77. The molecule has 0 saturated carbocycles. The van der Waals surface area contributed by atoms with E-state index in [-0.39, 0.29) is 5.91 Å². The van der Waals surface area contributed by atoms with Gasteiger partial charge in [0, 0.05) is 48.1 Å². The highest BCUT2D eigenvalue weighted by atomic mass is 16.5. The molecular weight excluding hydrogens is 390 g/mol. The number of amides is 1. The van der Waals surface area contributed by atoms with Crippen LogP contribution in [0.3, 0.4) is 0 Å². The number of hydrogen-bond acceptors (Lipinski definition) is 5. The highest BCUT2D eigenvalue weighted by Gasteiger charge is 2.17. The third-order valence-electron chi connectivity index (χ3n) is 5.02. The van der Waals surface area contributed by atoms with Gasteiger partial charge in [-0.05, 0) is 36.8 Å². The maximum atomic E-state index is 13.1. The quantitative estimate of drug-likeness (QED) is 0.514. The fourth-order valence-corrected chi connectivity index (χ4v) is 3.53. The summed E-state index contributed by atoms with van der Waals surface area (Å²) in [4.78, 5) is 18.9. The third kappa shape index (κ3) is 4.09. The molecule has 7 nitrogen and oxygen atoms in total. The first-order chi connectivity index (χ1) is 15.1. The molecule has 4 rings (SSSR count). The van der Waals surface area contributed by atoms with Gasteiger partial charge in [-0.2, -0.15) is 10.4 Å². The van der Waals surface area contributed by atoms with Gasteiger partial charge < -0.3 is 9.64 Å². The summed E-state index contributed by atoms with van der Waals surface area (Å²) >= 11 is 0. The monoisotopic (exact) mass is 411 g/mol. The van der Waals surface area contributed by atoms with E-state index in [1.165, 1.54) is 6.20 Å². The van der Waals surface area contributed by atoms with Crippen LogP contribution >= 0.6 is 0 Å². The number of carbonyl (C=O) groups is 1. The maximum absolute atomic E-state index is 13.1. The number of nitriles is 1. The Labute approximate surface area is 179 Å². The number of H-pyrrole nitrogens is 1. The lowest BCUT2D eigenvalue weighted by atomic mass is 10.0. The fourth-order valence-electron chi connectivity index (χ4n) is 3.53. The van der Waals surface area contributed by atoms with Crippen LogP contribution in [-0.2, 0) is 6.54 Å². The molecule has 31 heavy (non-hydrogen) atoms. The van der Waals surface area contributed by atoms with Crippen molar-refractivity contribution in [2.24, 2.45) is 0 Å². The Bertz CT molecular complexity index is 1290. The van der Waals surface area contributed by atoms with E-state index in [2.05, 4.69) is 21.3 Å². The SMILES string of the molecule is CCOc1cc(C(=O)N(C)Cc2cccc3cn[nH]c23)ccc1-c1cncc(C#N)c1. The molecule has 0 unspecified atom stereocenters. The molecule has 154 valence electrons. The normalized spacial score (nSPS) is 10.6. The van der Waals surface area contributed by atoms with E-state index < -0.39 is 0 Å². The summed E-state index contributed by atoms with van der Waals surface area (Å²) in [6.45, 7) is 2.78. The molecule has 0 spiro atoms. The van der Waals surface area contributed by atoms with Gasteiger partial charge in [-0.3, -0.25) is 14.9 Å². The van der Waals surface area contributed by atoms with E-state index in [0.29, 0.717) is 30.0 Å². The predicted octanol–water partition coefficient (Wildman–Crippen LogP) is 4.17. The number of fused-ring (bicyclic) bond motifs is 1. The van der Waals surface area contributed by atoms with Crippen LogP contribution in [-0.4, -0.2) is 39.6 Å². The summed E-state index contributed by atoms with van der Waals surface area (Å²) in [6, 6.07) is 15.1. The first-order valence-electron chi connectivity index (χ1n) is 9.89. The van der Waals surface area contributed by atoms with Gasteiger partial charge in [-0.1, -0.05) is 18.2 Å². The number of carbonyl (C=O) groups excluding carboxylic acids is 1.